The number of carbonyl (C=O) groups is 1. The molecule has 1 N–H and O–H groups in total. The van der Waals surface area contributed by atoms with Gasteiger partial charge in [0.25, 0.3) is 0 Å². The van der Waals surface area contributed by atoms with Crippen LogP contribution in [0.2, 0.25) is 0 Å². The number of furan rings is 1. The Labute approximate surface area is 130 Å². The van der Waals surface area contributed by atoms with E-state index in [1.54, 1.807) is 13.3 Å². The van der Waals surface area contributed by atoms with E-state index in [2.05, 4.69) is 28.4 Å². The lowest BCUT2D eigenvalue weighted by Gasteiger charge is -2.22. The average Bonchev–Trinajstić information content (AvgIpc) is 2.87. The minimum atomic E-state index is 0.0534. The van der Waals surface area contributed by atoms with Crippen LogP contribution in [0.3, 0.4) is 0 Å². The minimum absolute atomic E-state index is 0.0534. The first kappa shape index (κ1) is 15.1. The standard InChI is InChI=1S/C17H22N2O3/c1-18-17(20)11-19-5-7-21-12-14(10-19)8-13-2-3-15-4-6-22-16(15)9-13/h2-4,6,9,14H,5,7-8,10-12H2,1H3,(H,18,20)/t14-/m0/s1. The summed E-state index contributed by atoms with van der Waals surface area (Å²) < 4.78 is 11.2. The molecule has 22 heavy (non-hydrogen) atoms. The first-order valence-corrected chi connectivity index (χ1v) is 7.71. The van der Waals surface area contributed by atoms with E-state index in [0.717, 1.165) is 37.1 Å². The Kier molecular flexibility index (Phi) is 4.75. The lowest BCUT2D eigenvalue weighted by Crippen LogP contribution is -2.39. The summed E-state index contributed by atoms with van der Waals surface area (Å²) in [4.78, 5) is 13.7. The molecule has 1 aromatic carbocycles. The molecule has 1 saturated heterocycles. The molecule has 1 aromatic heterocycles. The molecule has 0 unspecified atom stereocenters. The molecule has 118 valence electrons. The monoisotopic (exact) mass is 302 g/mol. The number of carbonyl (C=O) groups excluding carboxylic acids is 1. The maximum absolute atomic E-state index is 11.6. The number of amides is 1. The molecule has 1 aliphatic heterocycles. The Morgan fingerprint density at radius 2 is 2.32 bits per heavy atom. The van der Waals surface area contributed by atoms with Crippen LogP contribution in [0.4, 0.5) is 0 Å². The zero-order valence-corrected chi connectivity index (χ0v) is 12.9. The van der Waals surface area contributed by atoms with Crippen molar-refractivity contribution in [2.75, 3.05) is 39.9 Å². The Morgan fingerprint density at radius 1 is 1.41 bits per heavy atom. The molecular weight excluding hydrogens is 280 g/mol. The number of nitrogens with one attached hydrogen (secondary N) is 1. The molecule has 2 heterocycles. The molecule has 0 saturated carbocycles. The van der Waals surface area contributed by atoms with Gasteiger partial charge in [-0.3, -0.25) is 9.69 Å². The summed E-state index contributed by atoms with van der Waals surface area (Å²) in [6.45, 7) is 3.55. The summed E-state index contributed by atoms with van der Waals surface area (Å²) in [7, 11) is 1.67. The predicted octanol–water partition coefficient (Wildman–Crippen LogP) is 1.67. The molecule has 0 bridgehead atoms. The van der Waals surface area contributed by atoms with Crippen LogP contribution < -0.4 is 5.32 Å². The van der Waals surface area contributed by atoms with Crippen molar-refractivity contribution in [2.24, 2.45) is 5.92 Å². The van der Waals surface area contributed by atoms with Crippen LogP contribution >= 0.6 is 0 Å². The molecule has 1 fully saturated rings. The molecule has 1 aliphatic rings. The number of benzene rings is 1. The lowest BCUT2D eigenvalue weighted by atomic mass is 9.99. The van der Waals surface area contributed by atoms with E-state index < -0.39 is 0 Å². The summed E-state index contributed by atoms with van der Waals surface area (Å²) >= 11 is 0. The number of ether oxygens (including phenoxy) is 1. The molecule has 1 atom stereocenters. The molecule has 0 spiro atoms. The minimum Gasteiger partial charge on any atom is -0.464 e. The van der Waals surface area contributed by atoms with Crippen LogP contribution in [-0.4, -0.2) is 50.7 Å². The second-order valence-corrected chi connectivity index (χ2v) is 5.85. The third-order valence-electron chi connectivity index (χ3n) is 4.11. The highest BCUT2D eigenvalue weighted by Gasteiger charge is 2.20. The van der Waals surface area contributed by atoms with Crippen molar-refractivity contribution in [2.45, 2.75) is 6.42 Å². The van der Waals surface area contributed by atoms with Crippen molar-refractivity contribution in [1.29, 1.82) is 0 Å². The average molecular weight is 302 g/mol. The lowest BCUT2D eigenvalue weighted by molar-refractivity contribution is -0.121. The van der Waals surface area contributed by atoms with Gasteiger partial charge >= 0.3 is 0 Å². The summed E-state index contributed by atoms with van der Waals surface area (Å²) in [5.74, 6) is 0.442. The van der Waals surface area contributed by atoms with E-state index in [4.69, 9.17) is 9.15 Å². The van der Waals surface area contributed by atoms with E-state index in [9.17, 15) is 4.79 Å². The van der Waals surface area contributed by atoms with E-state index in [1.165, 1.54) is 5.56 Å². The highest BCUT2D eigenvalue weighted by molar-refractivity contribution is 5.78. The van der Waals surface area contributed by atoms with Gasteiger partial charge in [-0.05, 0) is 30.0 Å². The fourth-order valence-corrected chi connectivity index (χ4v) is 2.96. The Bertz CT molecular complexity index is 638. The van der Waals surface area contributed by atoms with Gasteiger partial charge in [-0.1, -0.05) is 12.1 Å². The first-order valence-electron chi connectivity index (χ1n) is 7.71. The molecule has 2 aromatic rings. The van der Waals surface area contributed by atoms with Gasteiger partial charge in [0, 0.05) is 25.5 Å². The quantitative estimate of drug-likeness (QED) is 0.933. The fourth-order valence-electron chi connectivity index (χ4n) is 2.96. The van der Waals surface area contributed by atoms with Crippen molar-refractivity contribution < 1.29 is 13.9 Å². The second kappa shape index (κ2) is 6.94. The maximum atomic E-state index is 11.6. The van der Waals surface area contributed by atoms with Crippen molar-refractivity contribution in [3.8, 4) is 0 Å². The van der Waals surface area contributed by atoms with E-state index >= 15 is 0 Å². The largest absolute Gasteiger partial charge is 0.464 e. The van der Waals surface area contributed by atoms with Gasteiger partial charge in [0.2, 0.25) is 5.91 Å². The fraction of sp³-hybridized carbons (Fsp3) is 0.471. The number of rotatable bonds is 4. The van der Waals surface area contributed by atoms with Crippen LogP contribution in [0.5, 0.6) is 0 Å². The molecule has 5 heteroatoms. The van der Waals surface area contributed by atoms with Crippen molar-refractivity contribution >= 4 is 16.9 Å². The van der Waals surface area contributed by atoms with Crippen LogP contribution in [0.15, 0.2) is 34.9 Å². The Balaban J connectivity index is 1.65. The van der Waals surface area contributed by atoms with Gasteiger partial charge in [0.15, 0.2) is 0 Å². The Hall–Kier alpha value is -1.85. The van der Waals surface area contributed by atoms with Gasteiger partial charge in [-0.25, -0.2) is 0 Å². The third-order valence-corrected chi connectivity index (χ3v) is 4.11. The SMILES string of the molecule is CNC(=O)CN1CCOC[C@@H](Cc2ccc3ccoc3c2)C1. The Morgan fingerprint density at radius 3 is 3.18 bits per heavy atom. The third kappa shape index (κ3) is 3.67. The van der Waals surface area contributed by atoms with Gasteiger partial charge in [-0.2, -0.15) is 0 Å². The summed E-state index contributed by atoms with van der Waals surface area (Å²) in [5, 5.41) is 3.81. The first-order chi connectivity index (χ1) is 10.7. The predicted molar refractivity (Wildman–Crippen MR) is 84.7 cm³/mol. The molecular formula is C17H22N2O3. The van der Waals surface area contributed by atoms with Crippen LogP contribution in [-0.2, 0) is 16.0 Å². The summed E-state index contributed by atoms with van der Waals surface area (Å²) in [6, 6.07) is 8.31. The topological polar surface area (TPSA) is 54.7 Å². The normalized spacial score (nSPS) is 20.0. The number of hydrogen-bond acceptors (Lipinski definition) is 4. The molecule has 1 amide bonds. The van der Waals surface area contributed by atoms with Crippen molar-refractivity contribution in [3.63, 3.8) is 0 Å². The highest BCUT2D eigenvalue weighted by atomic mass is 16.5. The number of likely N-dealkylation sites (N-methyl/N-ethyl adjacent to an activating group) is 1. The summed E-state index contributed by atoms with van der Waals surface area (Å²) in [5.41, 5.74) is 2.17. The van der Waals surface area contributed by atoms with Crippen molar-refractivity contribution in [3.05, 3.63) is 36.1 Å². The molecule has 3 rings (SSSR count). The van der Waals surface area contributed by atoms with Crippen LogP contribution in [0.1, 0.15) is 5.56 Å². The van der Waals surface area contributed by atoms with E-state index in [0.29, 0.717) is 19.1 Å². The molecule has 0 radical (unpaired) electrons. The van der Waals surface area contributed by atoms with E-state index in [-0.39, 0.29) is 5.91 Å². The van der Waals surface area contributed by atoms with Crippen LogP contribution in [0, 0.1) is 5.92 Å². The number of hydrogen-bond donors (Lipinski definition) is 1. The van der Waals surface area contributed by atoms with Crippen LogP contribution in [0.25, 0.3) is 11.0 Å². The summed E-state index contributed by atoms with van der Waals surface area (Å²) in [6.07, 6.45) is 2.65. The molecule has 0 aliphatic carbocycles. The van der Waals surface area contributed by atoms with Gasteiger partial charge in [0.1, 0.15) is 5.58 Å². The maximum Gasteiger partial charge on any atom is 0.233 e. The van der Waals surface area contributed by atoms with Crippen molar-refractivity contribution in [1.82, 2.24) is 10.2 Å². The number of fused-ring (bicyclic) bond motifs is 1. The second-order valence-electron chi connectivity index (χ2n) is 5.85. The van der Waals surface area contributed by atoms with E-state index in [1.807, 2.05) is 6.07 Å². The van der Waals surface area contributed by atoms with Gasteiger partial charge in [0.05, 0.1) is 26.0 Å². The van der Waals surface area contributed by atoms with Gasteiger partial charge in [-0.15, -0.1) is 0 Å². The number of nitrogens with zero attached hydrogens (tertiary/aromatic N) is 1. The molecule has 5 nitrogen and oxygen atoms in total. The zero-order chi connectivity index (χ0) is 15.4. The smallest absolute Gasteiger partial charge is 0.233 e. The highest BCUT2D eigenvalue weighted by Crippen LogP contribution is 2.20. The van der Waals surface area contributed by atoms with Gasteiger partial charge < -0.3 is 14.5 Å². The zero-order valence-electron chi connectivity index (χ0n) is 12.9.